The fraction of sp³-hybridized carbons (Fsp3) is 0.562. The van der Waals surface area contributed by atoms with Gasteiger partial charge in [0.2, 0.25) is 17.7 Å². The Hall–Kier alpha value is -3.03. The molecular formula is C16H26N6O7. The number of nitrogens with zero attached hydrogens (tertiary/aromatic N) is 1. The second kappa shape index (κ2) is 11.1. The minimum atomic E-state index is -1.45. The molecule has 0 aliphatic rings. The Morgan fingerprint density at radius 3 is 2.17 bits per heavy atom. The Morgan fingerprint density at radius 2 is 1.69 bits per heavy atom. The van der Waals surface area contributed by atoms with E-state index in [2.05, 4.69) is 25.9 Å². The van der Waals surface area contributed by atoms with Gasteiger partial charge in [-0.15, -0.1) is 0 Å². The molecule has 29 heavy (non-hydrogen) atoms. The number of rotatable bonds is 11. The van der Waals surface area contributed by atoms with Crippen LogP contribution in [0.5, 0.6) is 0 Å². The summed E-state index contributed by atoms with van der Waals surface area (Å²) >= 11 is 0. The smallest absolute Gasteiger partial charge is 0.325 e. The lowest BCUT2D eigenvalue weighted by Crippen LogP contribution is -2.59. The van der Waals surface area contributed by atoms with Crippen LogP contribution in [-0.4, -0.2) is 85.9 Å². The number of nitrogens with one attached hydrogen (secondary N) is 4. The lowest BCUT2D eigenvalue weighted by Gasteiger charge is -2.24. The number of aromatic amines is 1. The number of H-pyrrole nitrogens is 1. The number of carbonyl (C=O) groups is 4. The second-order valence-electron chi connectivity index (χ2n) is 6.42. The molecule has 0 aromatic carbocycles. The van der Waals surface area contributed by atoms with Crippen LogP contribution in [-0.2, 0) is 25.6 Å². The van der Waals surface area contributed by atoms with Gasteiger partial charge in [-0.25, -0.2) is 4.98 Å². The van der Waals surface area contributed by atoms with E-state index in [0.29, 0.717) is 5.69 Å². The summed E-state index contributed by atoms with van der Waals surface area (Å²) in [6, 6.07) is -5.19. The number of hydrogen-bond acceptors (Lipinski definition) is 8. The third-order valence-corrected chi connectivity index (χ3v) is 3.98. The molecule has 1 rings (SSSR count). The first kappa shape index (κ1) is 24.0. The van der Waals surface area contributed by atoms with E-state index in [1.165, 1.54) is 26.4 Å². The number of aliphatic carboxylic acids is 1. The minimum Gasteiger partial charge on any atom is -0.480 e. The van der Waals surface area contributed by atoms with Crippen LogP contribution in [0.1, 0.15) is 19.5 Å². The number of carbonyl (C=O) groups excluding carboxylic acids is 3. The molecule has 3 amide bonds. The lowest BCUT2D eigenvalue weighted by atomic mass is 10.1. The molecule has 1 aromatic rings. The molecule has 0 saturated heterocycles. The number of imidazole rings is 1. The van der Waals surface area contributed by atoms with Crippen molar-refractivity contribution in [3.05, 3.63) is 18.2 Å². The summed E-state index contributed by atoms with van der Waals surface area (Å²) < 4.78 is 0. The van der Waals surface area contributed by atoms with Gasteiger partial charge in [-0.2, -0.15) is 0 Å². The Labute approximate surface area is 166 Å². The van der Waals surface area contributed by atoms with Crippen molar-refractivity contribution in [2.75, 3.05) is 6.61 Å². The summed E-state index contributed by atoms with van der Waals surface area (Å²) in [5, 5.41) is 34.4. The minimum absolute atomic E-state index is 0.0462. The molecule has 0 radical (unpaired) electrons. The van der Waals surface area contributed by atoms with Crippen LogP contribution in [0, 0.1) is 0 Å². The lowest BCUT2D eigenvalue weighted by molar-refractivity contribution is -0.142. The number of aliphatic hydroxyl groups is 2. The van der Waals surface area contributed by atoms with Crippen molar-refractivity contribution in [2.45, 2.75) is 50.5 Å². The maximum atomic E-state index is 12.6. The molecule has 0 spiro atoms. The van der Waals surface area contributed by atoms with E-state index in [0.717, 1.165) is 0 Å². The highest BCUT2D eigenvalue weighted by Crippen LogP contribution is 2.02. The molecule has 1 aromatic heterocycles. The number of hydrogen-bond donors (Lipinski definition) is 8. The third-order valence-electron chi connectivity index (χ3n) is 3.98. The van der Waals surface area contributed by atoms with Gasteiger partial charge in [-0.3, -0.25) is 19.2 Å². The van der Waals surface area contributed by atoms with Gasteiger partial charge in [0.15, 0.2) is 0 Å². The average molecular weight is 414 g/mol. The number of nitrogens with two attached hydrogens (primary N) is 1. The monoisotopic (exact) mass is 414 g/mol. The molecule has 1 heterocycles. The molecule has 162 valence electrons. The van der Waals surface area contributed by atoms with E-state index in [9.17, 15) is 29.4 Å². The SMILES string of the molecule is CC(NC(=O)C(CO)NC(=O)C(Cc1cnc[nH]1)NC(=O)C(N)C(C)O)C(=O)O. The molecule has 0 aliphatic heterocycles. The maximum Gasteiger partial charge on any atom is 0.325 e. The van der Waals surface area contributed by atoms with E-state index < -0.39 is 60.6 Å². The van der Waals surface area contributed by atoms with Crippen molar-refractivity contribution in [2.24, 2.45) is 5.73 Å². The summed E-state index contributed by atoms with van der Waals surface area (Å²) in [5.41, 5.74) is 6.05. The van der Waals surface area contributed by atoms with Crippen molar-refractivity contribution < 1.29 is 34.5 Å². The van der Waals surface area contributed by atoms with Crippen molar-refractivity contribution >= 4 is 23.7 Å². The molecule has 5 atom stereocenters. The van der Waals surface area contributed by atoms with Crippen LogP contribution in [0.2, 0.25) is 0 Å². The number of carboxylic acids is 1. The normalized spacial score (nSPS) is 16.0. The number of aliphatic hydroxyl groups excluding tert-OH is 2. The summed E-state index contributed by atoms with van der Waals surface area (Å²) in [4.78, 5) is 54.2. The number of aromatic nitrogens is 2. The van der Waals surface area contributed by atoms with Crippen LogP contribution in [0.25, 0.3) is 0 Å². The number of amides is 3. The quantitative estimate of drug-likeness (QED) is 0.178. The molecule has 0 bridgehead atoms. The Bertz CT molecular complexity index is 709. The third kappa shape index (κ3) is 7.48. The predicted octanol–water partition coefficient (Wildman–Crippen LogP) is -3.79. The van der Waals surface area contributed by atoms with Crippen LogP contribution in [0.4, 0.5) is 0 Å². The summed E-state index contributed by atoms with van der Waals surface area (Å²) in [7, 11) is 0. The number of carboxylic acid groups (broad SMARTS) is 1. The zero-order valence-corrected chi connectivity index (χ0v) is 16.0. The fourth-order valence-corrected chi connectivity index (χ4v) is 2.15. The van der Waals surface area contributed by atoms with Gasteiger partial charge >= 0.3 is 5.97 Å². The molecule has 0 aliphatic carbocycles. The molecule has 9 N–H and O–H groups in total. The highest BCUT2D eigenvalue weighted by molar-refractivity contribution is 5.94. The molecular weight excluding hydrogens is 388 g/mol. The van der Waals surface area contributed by atoms with Crippen molar-refractivity contribution in [3.63, 3.8) is 0 Å². The van der Waals surface area contributed by atoms with Crippen molar-refractivity contribution in [1.82, 2.24) is 25.9 Å². The van der Waals surface area contributed by atoms with Crippen molar-refractivity contribution in [1.29, 1.82) is 0 Å². The Balaban J connectivity index is 2.89. The second-order valence-corrected chi connectivity index (χ2v) is 6.42. The van der Waals surface area contributed by atoms with Gasteiger partial charge in [0.25, 0.3) is 0 Å². The van der Waals surface area contributed by atoms with Crippen LogP contribution < -0.4 is 21.7 Å². The van der Waals surface area contributed by atoms with Crippen LogP contribution in [0.15, 0.2) is 12.5 Å². The highest BCUT2D eigenvalue weighted by atomic mass is 16.4. The zero-order chi connectivity index (χ0) is 22.1. The standard InChI is InChI=1S/C16H26N6O7/c1-7(16(28)29)20-14(26)11(5-23)22-13(25)10(3-9-4-18-6-19-9)21-15(27)12(17)8(2)24/h4,6-8,10-12,23-24H,3,5,17H2,1-2H3,(H,18,19)(H,20,26)(H,21,27)(H,22,25)(H,28,29). The fourth-order valence-electron chi connectivity index (χ4n) is 2.15. The van der Waals surface area contributed by atoms with E-state index in [1.54, 1.807) is 0 Å². The maximum absolute atomic E-state index is 12.6. The van der Waals surface area contributed by atoms with Gasteiger partial charge in [-0.1, -0.05) is 0 Å². The van der Waals surface area contributed by atoms with Crippen LogP contribution in [0.3, 0.4) is 0 Å². The molecule has 13 nitrogen and oxygen atoms in total. The summed E-state index contributed by atoms with van der Waals surface area (Å²) in [6.45, 7) is 1.72. The summed E-state index contributed by atoms with van der Waals surface area (Å²) in [6.07, 6.45) is 1.57. The Morgan fingerprint density at radius 1 is 1.10 bits per heavy atom. The molecule has 13 heteroatoms. The van der Waals surface area contributed by atoms with Gasteiger partial charge < -0.3 is 42.0 Å². The highest BCUT2D eigenvalue weighted by Gasteiger charge is 2.30. The van der Waals surface area contributed by atoms with E-state index >= 15 is 0 Å². The first-order valence-corrected chi connectivity index (χ1v) is 8.72. The van der Waals surface area contributed by atoms with Gasteiger partial charge in [0, 0.05) is 18.3 Å². The average Bonchev–Trinajstić information content (AvgIpc) is 3.17. The van der Waals surface area contributed by atoms with Gasteiger partial charge in [-0.05, 0) is 13.8 Å². The van der Waals surface area contributed by atoms with Crippen molar-refractivity contribution in [3.8, 4) is 0 Å². The first-order chi connectivity index (χ1) is 13.6. The molecule has 0 fully saturated rings. The first-order valence-electron chi connectivity index (χ1n) is 8.72. The Kier molecular flexibility index (Phi) is 9.18. The molecule has 0 saturated carbocycles. The molecule has 5 unspecified atom stereocenters. The van der Waals surface area contributed by atoms with E-state index in [4.69, 9.17) is 10.8 Å². The topological polar surface area (TPSA) is 220 Å². The van der Waals surface area contributed by atoms with Gasteiger partial charge in [0.05, 0.1) is 19.0 Å². The largest absolute Gasteiger partial charge is 0.480 e. The van der Waals surface area contributed by atoms with E-state index in [1.807, 2.05) is 0 Å². The zero-order valence-electron chi connectivity index (χ0n) is 16.0. The predicted molar refractivity (Wildman–Crippen MR) is 98.1 cm³/mol. The summed E-state index contributed by atoms with van der Waals surface area (Å²) in [5.74, 6) is -3.84. The van der Waals surface area contributed by atoms with E-state index in [-0.39, 0.29) is 6.42 Å². The van der Waals surface area contributed by atoms with Crippen LogP contribution >= 0.6 is 0 Å². The van der Waals surface area contributed by atoms with Gasteiger partial charge in [0.1, 0.15) is 24.2 Å².